The number of unbranched alkanes of at least 4 members (excludes halogenated alkanes) is 19. The van der Waals surface area contributed by atoms with Gasteiger partial charge in [0, 0.05) is 19.0 Å². The third-order valence-electron chi connectivity index (χ3n) is 8.34. The van der Waals surface area contributed by atoms with E-state index in [9.17, 15) is 19.0 Å². The molecule has 0 spiro atoms. The number of allylic oxidation sites excluding steroid dienone is 11. The van der Waals surface area contributed by atoms with E-state index in [1.807, 2.05) is 36.5 Å². The van der Waals surface area contributed by atoms with Gasteiger partial charge < -0.3 is 20.1 Å². The van der Waals surface area contributed by atoms with Gasteiger partial charge in [-0.25, -0.2) is 9.36 Å². The number of nitrogens with two attached hydrogens (primary N) is 1. The minimum absolute atomic E-state index is 0.0288. The van der Waals surface area contributed by atoms with Crippen LogP contribution in [0.4, 0.5) is 0 Å². The van der Waals surface area contributed by atoms with E-state index in [1.54, 1.807) is 12.2 Å². The number of hydrogen-bond donors (Lipinski definition) is 2. The van der Waals surface area contributed by atoms with Gasteiger partial charge in [-0.1, -0.05) is 196 Å². The highest BCUT2D eigenvalue weighted by molar-refractivity contribution is 7.47. The second-order valence-electron chi connectivity index (χ2n) is 13.4. The molecule has 0 bridgehead atoms. The number of hydrogen-bond acceptors (Lipinski definition) is 8. The Morgan fingerprint density at radius 2 is 1.06 bits per heavy atom. The lowest BCUT2D eigenvalue weighted by Gasteiger charge is -2.19. The van der Waals surface area contributed by atoms with Crippen LogP contribution in [0.3, 0.4) is 0 Å². The fraction of sp³-hybridized carbons (Fsp3) is 0.674. The number of rotatable bonds is 37. The highest BCUT2D eigenvalue weighted by Gasteiger charge is 2.25. The normalized spacial score (nSPS) is 14.1. The van der Waals surface area contributed by atoms with Crippen molar-refractivity contribution in [3.05, 3.63) is 72.9 Å². The minimum atomic E-state index is -4.42. The summed E-state index contributed by atoms with van der Waals surface area (Å²) in [4.78, 5) is 34.6. The zero-order valence-electron chi connectivity index (χ0n) is 33.2. The third-order valence-corrected chi connectivity index (χ3v) is 9.32. The van der Waals surface area contributed by atoms with E-state index in [2.05, 4.69) is 26.0 Å². The molecule has 2 atom stereocenters. The lowest BCUT2D eigenvalue weighted by molar-refractivity contribution is -0.157. The summed E-state index contributed by atoms with van der Waals surface area (Å²) in [5.74, 6) is -1.15. The maximum Gasteiger partial charge on any atom is 0.472 e. The fourth-order valence-corrected chi connectivity index (χ4v) is 6.05. The predicted molar refractivity (Wildman–Crippen MR) is 219 cm³/mol. The van der Waals surface area contributed by atoms with Crippen LogP contribution < -0.4 is 5.73 Å². The summed E-state index contributed by atoms with van der Waals surface area (Å²) < 4.78 is 32.4. The largest absolute Gasteiger partial charge is 0.472 e. The highest BCUT2D eigenvalue weighted by Crippen LogP contribution is 2.43. The lowest BCUT2D eigenvalue weighted by atomic mass is 10.0. The van der Waals surface area contributed by atoms with Crippen LogP contribution in [0.5, 0.6) is 0 Å². The molecule has 0 saturated carbocycles. The van der Waals surface area contributed by atoms with Crippen molar-refractivity contribution in [3.63, 3.8) is 0 Å². The summed E-state index contributed by atoms with van der Waals surface area (Å²) in [6.07, 6.45) is 47.2. The van der Waals surface area contributed by atoms with E-state index >= 15 is 0 Å². The van der Waals surface area contributed by atoms with Crippen molar-refractivity contribution in [2.24, 2.45) is 5.73 Å². The topological polar surface area (TPSA) is 134 Å². The molecular formula is C43H74NO8P. The summed E-state index contributed by atoms with van der Waals surface area (Å²) >= 11 is 0. The first kappa shape index (κ1) is 50.5. The average Bonchev–Trinajstić information content (AvgIpc) is 3.14. The summed E-state index contributed by atoms with van der Waals surface area (Å²) in [5, 5.41) is 0. The van der Waals surface area contributed by atoms with Gasteiger partial charge in [0.2, 0.25) is 0 Å². The number of ether oxygens (including phenoxy) is 2. The molecule has 304 valence electrons. The molecule has 0 aromatic rings. The molecule has 0 aromatic carbocycles. The fourth-order valence-electron chi connectivity index (χ4n) is 5.29. The smallest absolute Gasteiger partial charge is 0.462 e. The quantitative estimate of drug-likeness (QED) is 0.0208. The van der Waals surface area contributed by atoms with Crippen LogP contribution in [0.1, 0.15) is 155 Å². The van der Waals surface area contributed by atoms with Gasteiger partial charge in [-0.05, 0) is 19.3 Å². The van der Waals surface area contributed by atoms with Crippen molar-refractivity contribution in [2.75, 3.05) is 26.4 Å². The molecular weight excluding hydrogens is 689 g/mol. The van der Waals surface area contributed by atoms with Gasteiger partial charge in [0.05, 0.1) is 13.2 Å². The molecule has 0 amide bonds. The maximum atomic E-state index is 12.4. The van der Waals surface area contributed by atoms with Gasteiger partial charge >= 0.3 is 19.8 Å². The van der Waals surface area contributed by atoms with Crippen LogP contribution in [0, 0.1) is 0 Å². The predicted octanol–water partition coefficient (Wildman–Crippen LogP) is 11.5. The molecule has 53 heavy (non-hydrogen) atoms. The van der Waals surface area contributed by atoms with Crippen molar-refractivity contribution in [3.8, 4) is 0 Å². The number of carbonyl (C=O) groups excluding carboxylic acids is 2. The van der Waals surface area contributed by atoms with Crippen molar-refractivity contribution in [1.82, 2.24) is 0 Å². The highest BCUT2D eigenvalue weighted by atomic mass is 31.2. The summed E-state index contributed by atoms with van der Waals surface area (Å²) in [6, 6.07) is 0. The maximum absolute atomic E-state index is 12.4. The molecule has 0 aliphatic carbocycles. The second-order valence-corrected chi connectivity index (χ2v) is 14.8. The second kappa shape index (κ2) is 39.2. The minimum Gasteiger partial charge on any atom is -0.462 e. The number of phosphoric acid groups is 1. The van der Waals surface area contributed by atoms with Crippen LogP contribution >= 0.6 is 7.82 Å². The Morgan fingerprint density at radius 3 is 1.57 bits per heavy atom. The summed E-state index contributed by atoms with van der Waals surface area (Å²) in [7, 11) is -4.42. The van der Waals surface area contributed by atoms with Gasteiger partial charge in [-0.15, -0.1) is 0 Å². The molecule has 10 heteroatoms. The zero-order valence-corrected chi connectivity index (χ0v) is 34.1. The Kier molecular flexibility index (Phi) is 37.3. The van der Waals surface area contributed by atoms with Crippen molar-refractivity contribution in [2.45, 2.75) is 161 Å². The van der Waals surface area contributed by atoms with Gasteiger partial charge in [-0.3, -0.25) is 13.8 Å². The molecule has 0 aliphatic heterocycles. The van der Waals surface area contributed by atoms with Crippen molar-refractivity contribution < 1.29 is 37.6 Å². The van der Waals surface area contributed by atoms with Crippen LogP contribution in [-0.2, 0) is 32.7 Å². The molecule has 2 unspecified atom stereocenters. The van der Waals surface area contributed by atoms with Crippen LogP contribution in [-0.4, -0.2) is 49.3 Å². The van der Waals surface area contributed by atoms with Gasteiger partial charge in [0.15, 0.2) is 6.10 Å². The number of esters is 2. The van der Waals surface area contributed by atoms with Crippen molar-refractivity contribution in [1.29, 1.82) is 0 Å². The Hall–Kier alpha value is -2.55. The molecule has 0 radical (unpaired) electrons. The molecule has 0 heterocycles. The molecule has 0 fully saturated rings. The number of phosphoric ester groups is 1. The zero-order chi connectivity index (χ0) is 38.9. The number of carbonyl (C=O) groups is 2. The van der Waals surface area contributed by atoms with E-state index in [-0.39, 0.29) is 26.2 Å². The first-order chi connectivity index (χ1) is 25.8. The van der Waals surface area contributed by atoms with Gasteiger partial charge in [0.25, 0.3) is 0 Å². The van der Waals surface area contributed by atoms with Gasteiger partial charge in [0.1, 0.15) is 6.61 Å². The Bertz CT molecular complexity index is 1100. The summed E-state index contributed by atoms with van der Waals surface area (Å²) in [6.45, 7) is 3.51. The summed E-state index contributed by atoms with van der Waals surface area (Å²) in [5.41, 5.74) is 5.32. The van der Waals surface area contributed by atoms with Gasteiger partial charge in [-0.2, -0.15) is 0 Å². The Morgan fingerprint density at radius 1 is 0.604 bits per heavy atom. The molecule has 0 saturated heterocycles. The van der Waals surface area contributed by atoms with E-state index in [0.29, 0.717) is 6.42 Å². The van der Waals surface area contributed by atoms with E-state index in [4.69, 9.17) is 24.3 Å². The Labute approximate surface area is 322 Å². The monoisotopic (exact) mass is 764 g/mol. The molecule has 9 nitrogen and oxygen atoms in total. The van der Waals surface area contributed by atoms with E-state index in [0.717, 1.165) is 19.3 Å². The molecule has 3 N–H and O–H groups in total. The van der Waals surface area contributed by atoms with E-state index < -0.39 is 32.5 Å². The molecule has 0 aromatic heterocycles. The SMILES string of the molecule is CCCCCCCCCC=CC=CC=CC=CC=CC=CC(=O)OC(COC(=O)CCCCCCCCCCCCCCC)COP(=O)(O)OCCN. The van der Waals surface area contributed by atoms with Crippen LogP contribution in [0.25, 0.3) is 0 Å². The third kappa shape index (κ3) is 39.0. The Balaban J connectivity index is 4.46. The van der Waals surface area contributed by atoms with Crippen LogP contribution in [0.2, 0.25) is 0 Å². The standard InChI is InChI=1S/C43H74NO8P/c1-3-5-7-9-11-13-15-17-18-19-20-21-22-24-26-28-30-32-34-36-43(46)52-41(40-51-53(47,48)50-38-37-44)39-49-42(45)35-33-31-29-27-25-23-16-14-12-10-8-6-4-2/h18-22,24,26,28,30,32,34,36,41H,3-17,23,25,27,29,31,33,35,37-40,44H2,1-2H3,(H,47,48). The molecule has 0 rings (SSSR count). The van der Waals surface area contributed by atoms with Crippen molar-refractivity contribution >= 4 is 19.8 Å². The first-order valence-electron chi connectivity index (χ1n) is 20.5. The lowest BCUT2D eigenvalue weighted by Crippen LogP contribution is -2.29. The van der Waals surface area contributed by atoms with Crippen LogP contribution in [0.15, 0.2) is 72.9 Å². The van der Waals surface area contributed by atoms with E-state index in [1.165, 1.54) is 121 Å². The average molecular weight is 764 g/mol. The molecule has 0 aliphatic rings. The first-order valence-corrected chi connectivity index (χ1v) is 22.0.